The van der Waals surface area contributed by atoms with Gasteiger partial charge >= 0.3 is 5.97 Å². The van der Waals surface area contributed by atoms with Crippen molar-refractivity contribution in [3.05, 3.63) is 0 Å². The van der Waals surface area contributed by atoms with E-state index in [2.05, 4.69) is 18.7 Å². The maximum atomic E-state index is 11.7. The highest BCUT2D eigenvalue weighted by atomic mass is 16.5. The standard InChI is InChI=1S/C30H59NO3/c1-4-6-8-9-10-11-12-13-14-15-18-21-25-31(28-29(3)32)26-22-19-16-17-20-24-30(33)34-27-23-7-5-2/h4-28H2,1-3H3. The summed E-state index contributed by atoms with van der Waals surface area (Å²) in [6, 6.07) is 0. The molecule has 0 bridgehead atoms. The topological polar surface area (TPSA) is 46.6 Å². The molecule has 0 radical (unpaired) electrons. The van der Waals surface area contributed by atoms with E-state index in [9.17, 15) is 9.59 Å². The van der Waals surface area contributed by atoms with Gasteiger partial charge in [0.05, 0.1) is 13.2 Å². The third kappa shape index (κ3) is 25.7. The van der Waals surface area contributed by atoms with Gasteiger partial charge in [0.1, 0.15) is 5.78 Å². The summed E-state index contributed by atoms with van der Waals surface area (Å²) in [7, 11) is 0. The molecule has 0 fully saturated rings. The summed E-state index contributed by atoms with van der Waals surface area (Å²) >= 11 is 0. The average Bonchev–Trinajstić information content (AvgIpc) is 2.81. The molecule has 0 unspecified atom stereocenters. The number of rotatable bonds is 27. The fraction of sp³-hybridized carbons (Fsp3) is 0.933. The van der Waals surface area contributed by atoms with Gasteiger partial charge in [0.25, 0.3) is 0 Å². The second-order valence-electron chi connectivity index (χ2n) is 10.3. The molecule has 0 spiro atoms. The Hall–Kier alpha value is -0.900. The molecule has 0 aromatic carbocycles. The summed E-state index contributed by atoms with van der Waals surface area (Å²) < 4.78 is 5.26. The summed E-state index contributed by atoms with van der Waals surface area (Å²) in [5.74, 6) is 0.238. The van der Waals surface area contributed by atoms with E-state index < -0.39 is 0 Å². The van der Waals surface area contributed by atoms with Crippen LogP contribution in [0.4, 0.5) is 0 Å². The molecule has 0 atom stereocenters. The van der Waals surface area contributed by atoms with Crippen molar-refractivity contribution in [3.63, 3.8) is 0 Å². The first-order valence-electron chi connectivity index (χ1n) is 15.0. The molecular formula is C30H59NO3. The zero-order chi connectivity index (χ0) is 25.1. The van der Waals surface area contributed by atoms with Crippen LogP contribution in [0.15, 0.2) is 0 Å². The SMILES string of the molecule is CCCCCCCCCCCCCCN(CCCCCCCC(=O)OCCCCC)CC(C)=O. The van der Waals surface area contributed by atoms with Crippen molar-refractivity contribution in [1.82, 2.24) is 4.90 Å². The highest BCUT2D eigenvalue weighted by molar-refractivity contribution is 5.77. The fourth-order valence-electron chi connectivity index (χ4n) is 4.51. The highest BCUT2D eigenvalue weighted by Gasteiger charge is 2.08. The molecule has 34 heavy (non-hydrogen) atoms. The van der Waals surface area contributed by atoms with E-state index in [1.807, 2.05) is 0 Å². The third-order valence-corrected chi connectivity index (χ3v) is 6.64. The lowest BCUT2D eigenvalue weighted by molar-refractivity contribution is -0.143. The molecule has 0 rings (SSSR count). The van der Waals surface area contributed by atoms with Crippen molar-refractivity contribution in [1.29, 1.82) is 0 Å². The molecular weight excluding hydrogens is 422 g/mol. The Bertz CT molecular complexity index is 452. The van der Waals surface area contributed by atoms with E-state index in [0.717, 1.165) is 58.0 Å². The second-order valence-corrected chi connectivity index (χ2v) is 10.3. The number of nitrogens with zero attached hydrogens (tertiary/aromatic N) is 1. The molecule has 4 nitrogen and oxygen atoms in total. The van der Waals surface area contributed by atoms with Gasteiger partial charge in [-0.15, -0.1) is 0 Å². The molecule has 202 valence electrons. The van der Waals surface area contributed by atoms with Crippen molar-refractivity contribution in [2.24, 2.45) is 0 Å². The Morgan fingerprint density at radius 3 is 1.44 bits per heavy atom. The summed E-state index contributed by atoms with van der Waals surface area (Å²) in [6.07, 6.45) is 25.8. The third-order valence-electron chi connectivity index (χ3n) is 6.64. The first-order chi connectivity index (χ1) is 16.6. The van der Waals surface area contributed by atoms with E-state index in [-0.39, 0.29) is 11.8 Å². The monoisotopic (exact) mass is 481 g/mol. The van der Waals surface area contributed by atoms with Gasteiger partial charge in [0.15, 0.2) is 0 Å². The van der Waals surface area contributed by atoms with E-state index in [1.54, 1.807) is 6.92 Å². The first kappa shape index (κ1) is 33.1. The largest absolute Gasteiger partial charge is 0.466 e. The number of carbonyl (C=O) groups excluding carboxylic acids is 2. The minimum atomic E-state index is -0.0360. The fourth-order valence-corrected chi connectivity index (χ4v) is 4.51. The van der Waals surface area contributed by atoms with Crippen LogP contribution >= 0.6 is 0 Å². The number of carbonyl (C=O) groups is 2. The van der Waals surface area contributed by atoms with Crippen LogP contribution in [0, 0.1) is 0 Å². The van der Waals surface area contributed by atoms with Crippen LogP contribution in [0.25, 0.3) is 0 Å². The number of ether oxygens (including phenoxy) is 1. The molecule has 0 saturated carbocycles. The summed E-state index contributed by atoms with van der Waals surface area (Å²) in [5, 5.41) is 0. The van der Waals surface area contributed by atoms with E-state index in [0.29, 0.717) is 19.6 Å². The predicted molar refractivity (Wildman–Crippen MR) is 146 cm³/mol. The van der Waals surface area contributed by atoms with E-state index in [1.165, 1.54) is 83.5 Å². The molecule has 0 heterocycles. The summed E-state index contributed by atoms with van der Waals surface area (Å²) in [6.45, 7) is 9.40. The Kier molecular flexibility index (Phi) is 26.0. The molecule has 0 N–H and O–H groups in total. The second kappa shape index (κ2) is 26.7. The molecule has 0 aromatic heterocycles. The summed E-state index contributed by atoms with van der Waals surface area (Å²) in [5.41, 5.74) is 0. The molecule has 0 aliphatic heterocycles. The number of unbranched alkanes of at least 4 members (excludes halogenated alkanes) is 17. The molecule has 4 heteroatoms. The molecule has 0 amide bonds. The van der Waals surface area contributed by atoms with Gasteiger partial charge in [0.2, 0.25) is 0 Å². The van der Waals surface area contributed by atoms with Crippen LogP contribution < -0.4 is 0 Å². The van der Waals surface area contributed by atoms with Crippen molar-refractivity contribution in [2.75, 3.05) is 26.2 Å². The quantitative estimate of drug-likeness (QED) is 0.0869. The minimum Gasteiger partial charge on any atom is -0.466 e. The van der Waals surface area contributed by atoms with E-state index in [4.69, 9.17) is 4.74 Å². The van der Waals surface area contributed by atoms with Crippen molar-refractivity contribution in [2.45, 2.75) is 156 Å². The number of hydrogen-bond acceptors (Lipinski definition) is 4. The Balaban J connectivity index is 3.62. The van der Waals surface area contributed by atoms with Crippen molar-refractivity contribution < 1.29 is 14.3 Å². The molecule has 0 aromatic rings. The molecule has 0 saturated heterocycles. The van der Waals surface area contributed by atoms with Gasteiger partial charge in [-0.3, -0.25) is 14.5 Å². The van der Waals surface area contributed by atoms with Crippen LogP contribution in [0.1, 0.15) is 156 Å². The van der Waals surface area contributed by atoms with Crippen LogP contribution in [0.5, 0.6) is 0 Å². The Morgan fingerprint density at radius 1 is 0.559 bits per heavy atom. The van der Waals surface area contributed by atoms with Crippen LogP contribution in [0.2, 0.25) is 0 Å². The number of ketones is 1. The van der Waals surface area contributed by atoms with Crippen LogP contribution in [-0.2, 0) is 14.3 Å². The average molecular weight is 482 g/mol. The Labute approximate surface area is 213 Å². The van der Waals surface area contributed by atoms with E-state index >= 15 is 0 Å². The van der Waals surface area contributed by atoms with Gasteiger partial charge in [-0.05, 0) is 45.7 Å². The van der Waals surface area contributed by atoms with Crippen molar-refractivity contribution in [3.8, 4) is 0 Å². The lowest BCUT2D eigenvalue weighted by atomic mass is 10.1. The van der Waals surface area contributed by atoms with Gasteiger partial charge in [-0.25, -0.2) is 0 Å². The van der Waals surface area contributed by atoms with Gasteiger partial charge in [-0.1, -0.05) is 117 Å². The minimum absolute atomic E-state index is 0.0360. The lowest BCUT2D eigenvalue weighted by Gasteiger charge is -2.21. The molecule has 0 aliphatic carbocycles. The number of esters is 1. The highest BCUT2D eigenvalue weighted by Crippen LogP contribution is 2.13. The normalized spacial score (nSPS) is 11.3. The van der Waals surface area contributed by atoms with Gasteiger partial charge in [-0.2, -0.15) is 0 Å². The van der Waals surface area contributed by atoms with Crippen LogP contribution in [0.3, 0.4) is 0 Å². The predicted octanol–water partition coefficient (Wildman–Crippen LogP) is 8.65. The maximum absolute atomic E-state index is 11.7. The molecule has 0 aliphatic rings. The van der Waals surface area contributed by atoms with Crippen LogP contribution in [-0.4, -0.2) is 42.9 Å². The first-order valence-corrected chi connectivity index (χ1v) is 15.0. The number of hydrogen-bond donors (Lipinski definition) is 0. The summed E-state index contributed by atoms with van der Waals surface area (Å²) in [4.78, 5) is 25.7. The zero-order valence-corrected chi connectivity index (χ0v) is 23.3. The zero-order valence-electron chi connectivity index (χ0n) is 23.3. The lowest BCUT2D eigenvalue weighted by Crippen LogP contribution is -2.30. The maximum Gasteiger partial charge on any atom is 0.305 e. The van der Waals surface area contributed by atoms with Gasteiger partial charge < -0.3 is 4.74 Å². The smallest absolute Gasteiger partial charge is 0.305 e. The number of Topliss-reactive ketones (excluding diaryl/α,β-unsaturated/α-hetero) is 1. The van der Waals surface area contributed by atoms with Crippen molar-refractivity contribution >= 4 is 11.8 Å². The Morgan fingerprint density at radius 2 is 0.971 bits per heavy atom. The van der Waals surface area contributed by atoms with Gasteiger partial charge in [0, 0.05) is 6.42 Å².